The number of amides is 1. The van der Waals surface area contributed by atoms with E-state index in [0.717, 1.165) is 12.5 Å². The standard InChI is InChI=1S/C16H22N2O/c1-11-5-7-12(8-6-11)9-18-16(19)15-14-4-2-3-13(14)10-17-15/h5-8,13-15,17H,2-4,9-10H2,1H3,(H,18,19). The van der Waals surface area contributed by atoms with Gasteiger partial charge in [-0.05, 0) is 43.7 Å². The van der Waals surface area contributed by atoms with E-state index in [2.05, 4.69) is 41.8 Å². The van der Waals surface area contributed by atoms with E-state index in [9.17, 15) is 4.79 Å². The van der Waals surface area contributed by atoms with E-state index in [1.807, 2.05) is 0 Å². The Bertz CT molecular complexity index is 454. The lowest BCUT2D eigenvalue weighted by Gasteiger charge is -2.17. The van der Waals surface area contributed by atoms with Crippen LogP contribution < -0.4 is 10.6 Å². The van der Waals surface area contributed by atoms with Crippen LogP contribution in [0.15, 0.2) is 24.3 Å². The molecular formula is C16H22N2O. The van der Waals surface area contributed by atoms with Crippen LogP contribution in [-0.4, -0.2) is 18.5 Å². The molecule has 0 bridgehead atoms. The van der Waals surface area contributed by atoms with Gasteiger partial charge in [0.15, 0.2) is 0 Å². The number of aryl methyl sites for hydroxylation is 1. The van der Waals surface area contributed by atoms with E-state index in [-0.39, 0.29) is 11.9 Å². The molecule has 1 heterocycles. The van der Waals surface area contributed by atoms with Crippen LogP contribution in [0.2, 0.25) is 0 Å². The summed E-state index contributed by atoms with van der Waals surface area (Å²) >= 11 is 0. The second kappa shape index (κ2) is 5.33. The number of hydrogen-bond acceptors (Lipinski definition) is 2. The molecular weight excluding hydrogens is 236 g/mol. The van der Waals surface area contributed by atoms with Gasteiger partial charge in [-0.1, -0.05) is 36.2 Å². The Kier molecular flexibility index (Phi) is 3.56. The van der Waals surface area contributed by atoms with Gasteiger partial charge in [0, 0.05) is 6.54 Å². The van der Waals surface area contributed by atoms with Crippen LogP contribution >= 0.6 is 0 Å². The molecule has 3 rings (SSSR count). The first kappa shape index (κ1) is 12.7. The lowest BCUT2D eigenvalue weighted by Crippen LogP contribution is -2.43. The third-order valence-electron chi connectivity index (χ3n) is 4.62. The van der Waals surface area contributed by atoms with E-state index in [0.29, 0.717) is 12.5 Å². The van der Waals surface area contributed by atoms with Crippen molar-refractivity contribution in [2.45, 2.75) is 38.8 Å². The predicted octanol–water partition coefficient (Wildman–Crippen LogP) is 2.00. The number of benzene rings is 1. The second-order valence-corrected chi connectivity index (χ2v) is 5.94. The number of carbonyl (C=O) groups excluding carboxylic acids is 1. The first-order valence-corrected chi connectivity index (χ1v) is 7.30. The van der Waals surface area contributed by atoms with Crippen molar-refractivity contribution in [1.82, 2.24) is 10.6 Å². The maximum Gasteiger partial charge on any atom is 0.237 e. The summed E-state index contributed by atoms with van der Waals surface area (Å²) in [7, 11) is 0. The molecule has 2 N–H and O–H groups in total. The van der Waals surface area contributed by atoms with Crippen molar-refractivity contribution in [3.63, 3.8) is 0 Å². The Balaban J connectivity index is 1.55. The maximum atomic E-state index is 12.3. The highest BCUT2D eigenvalue weighted by atomic mass is 16.2. The molecule has 1 aliphatic carbocycles. The summed E-state index contributed by atoms with van der Waals surface area (Å²) in [5.41, 5.74) is 2.42. The van der Waals surface area contributed by atoms with Gasteiger partial charge in [0.1, 0.15) is 0 Å². The Labute approximate surface area is 114 Å². The average molecular weight is 258 g/mol. The summed E-state index contributed by atoms with van der Waals surface area (Å²) in [5, 5.41) is 6.46. The van der Waals surface area contributed by atoms with Crippen LogP contribution in [-0.2, 0) is 11.3 Å². The fraction of sp³-hybridized carbons (Fsp3) is 0.562. The summed E-state index contributed by atoms with van der Waals surface area (Å²) in [4.78, 5) is 12.3. The highest BCUT2D eigenvalue weighted by molar-refractivity contribution is 5.82. The molecule has 19 heavy (non-hydrogen) atoms. The van der Waals surface area contributed by atoms with Crippen LogP contribution in [0, 0.1) is 18.8 Å². The molecule has 1 saturated carbocycles. The minimum atomic E-state index is 0.0398. The molecule has 1 aliphatic heterocycles. The molecule has 1 amide bonds. The van der Waals surface area contributed by atoms with Crippen molar-refractivity contribution >= 4 is 5.91 Å². The molecule has 2 aliphatic rings. The predicted molar refractivity (Wildman–Crippen MR) is 75.6 cm³/mol. The maximum absolute atomic E-state index is 12.3. The lowest BCUT2D eigenvalue weighted by molar-refractivity contribution is -0.123. The number of hydrogen-bond donors (Lipinski definition) is 2. The van der Waals surface area contributed by atoms with Crippen molar-refractivity contribution in [3.8, 4) is 0 Å². The minimum absolute atomic E-state index is 0.0398. The number of rotatable bonds is 3. The third kappa shape index (κ3) is 2.66. The van der Waals surface area contributed by atoms with E-state index in [4.69, 9.17) is 0 Å². The van der Waals surface area contributed by atoms with Crippen molar-refractivity contribution in [1.29, 1.82) is 0 Å². The fourth-order valence-electron chi connectivity index (χ4n) is 3.48. The zero-order valence-electron chi connectivity index (χ0n) is 11.5. The highest BCUT2D eigenvalue weighted by Crippen LogP contribution is 2.37. The van der Waals surface area contributed by atoms with Gasteiger partial charge in [-0.25, -0.2) is 0 Å². The zero-order chi connectivity index (χ0) is 13.2. The van der Waals surface area contributed by atoms with Gasteiger partial charge in [-0.2, -0.15) is 0 Å². The topological polar surface area (TPSA) is 41.1 Å². The number of nitrogens with one attached hydrogen (secondary N) is 2. The van der Waals surface area contributed by atoms with Gasteiger partial charge < -0.3 is 10.6 Å². The largest absolute Gasteiger partial charge is 0.351 e. The van der Waals surface area contributed by atoms with Crippen molar-refractivity contribution in [2.24, 2.45) is 11.8 Å². The molecule has 3 atom stereocenters. The number of carbonyl (C=O) groups is 1. The molecule has 1 saturated heterocycles. The molecule has 1 aromatic carbocycles. The molecule has 3 unspecified atom stereocenters. The van der Waals surface area contributed by atoms with Crippen LogP contribution in [0.1, 0.15) is 30.4 Å². The van der Waals surface area contributed by atoms with Crippen molar-refractivity contribution in [3.05, 3.63) is 35.4 Å². The average Bonchev–Trinajstić information content (AvgIpc) is 3.00. The second-order valence-electron chi connectivity index (χ2n) is 5.94. The summed E-state index contributed by atoms with van der Waals surface area (Å²) in [6.45, 7) is 3.73. The molecule has 3 nitrogen and oxygen atoms in total. The van der Waals surface area contributed by atoms with Crippen molar-refractivity contribution in [2.75, 3.05) is 6.54 Å². The summed E-state index contributed by atoms with van der Waals surface area (Å²) in [6.07, 6.45) is 3.79. The Morgan fingerprint density at radius 1 is 1.32 bits per heavy atom. The van der Waals surface area contributed by atoms with Gasteiger partial charge in [0.25, 0.3) is 0 Å². The van der Waals surface area contributed by atoms with Crippen LogP contribution in [0.3, 0.4) is 0 Å². The van der Waals surface area contributed by atoms with Crippen LogP contribution in [0.25, 0.3) is 0 Å². The first-order chi connectivity index (χ1) is 9.24. The molecule has 1 aromatic rings. The monoisotopic (exact) mass is 258 g/mol. The SMILES string of the molecule is Cc1ccc(CNC(=O)C2NCC3CCCC32)cc1. The summed E-state index contributed by atoms with van der Waals surface area (Å²) in [5.74, 6) is 1.48. The van der Waals surface area contributed by atoms with Crippen molar-refractivity contribution < 1.29 is 4.79 Å². The third-order valence-corrected chi connectivity index (χ3v) is 4.62. The van der Waals surface area contributed by atoms with E-state index in [1.54, 1.807) is 0 Å². The Hall–Kier alpha value is -1.35. The minimum Gasteiger partial charge on any atom is -0.351 e. The summed E-state index contributed by atoms with van der Waals surface area (Å²) < 4.78 is 0. The molecule has 102 valence electrons. The molecule has 0 spiro atoms. The van der Waals surface area contributed by atoms with E-state index >= 15 is 0 Å². The molecule has 2 fully saturated rings. The first-order valence-electron chi connectivity index (χ1n) is 7.30. The molecule has 0 aromatic heterocycles. The quantitative estimate of drug-likeness (QED) is 0.870. The van der Waals surface area contributed by atoms with Gasteiger partial charge in [-0.15, -0.1) is 0 Å². The van der Waals surface area contributed by atoms with Crippen LogP contribution in [0.5, 0.6) is 0 Å². The van der Waals surface area contributed by atoms with Gasteiger partial charge >= 0.3 is 0 Å². The zero-order valence-corrected chi connectivity index (χ0v) is 11.5. The smallest absolute Gasteiger partial charge is 0.237 e. The van der Waals surface area contributed by atoms with E-state index in [1.165, 1.54) is 30.4 Å². The van der Waals surface area contributed by atoms with Gasteiger partial charge in [-0.3, -0.25) is 4.79 Å². The molecule has 3 heteroatoms. The Morgan fingerprint density at radius 3 is 2.89 bits per heavy atom. The summed E-state index contributed by atoms with van der Waals surface area (Å²) in [6, 6.07) is 8.37. The van der Waals surface area contributed by atoms with Gasteiger partial charge in [0.05, 0.1) is 6.04 Å². The highest BCUT2D eigenvalue weighted by Gasteiger charge is 2.42. The normalized spacial score (nSPS) is 29.2. The fourth-order valence-corrected chi connectivity index (χ4v) is 3.48. The van der Waals surface area contributed by atoms with Gasteiger partial charge in [0.2, 0.25) is 5.91 Å². The van der Waals surface area contributed by atoms with E-state index < -0.39 is 0 Å². The Morgan fingerprint density at radius 2 is 2.11 bits per heavy atom. The molecule has 0 radical (unpaired) electrons. The number of fused-ring (bicyclic) bond motifs is 1. The lowest BCUT2D eigenvalue weighted by atomic mass is 9.93. The van der Waals surface area contributed by atoms with Crippen LogP contribution in [0.4, 0.5) is 0 Å².